The van der Waals surface area contributed by atoms with Gasteiger partial charge in [0.05, 0.1) is 20.7 Å². The molecule has 37 heavy (non-hydrogen) atoms. The zero-order valence-corrected chi connectivity index (χ0v) is 23.2. The molecule has 5 rings (SSSR count). The summed E-state index contributed by atoms with van der Waals surface area (Å²) >= 11 is 1.60. The van der Waals surface area contributed by atoms with Crippen molar-refractivity contribution >= 4 is 42.7 Å². The molecule has 3 heterocycles. The lowest BCUT2D eigenvalue weighted by Gasteiger charge is -2.34. The third-order valence-electron chi connectivity index (χ3n) is 7.21. The Morgan fingerprint density at radius 3 is 2.35 bits per heavy atom. The molecule has 10 heteroatoms. The lowest BCUT2D eigenvalue weighted by Crippen LogP contribution is -2.46. The molecule has 0 aliphatic carbocycles. The number of esters is 1. The van der Waals surface area contributed by atoms with Gasteiger partial charge >= 0.3 is 5.97 Å². The molecule has 0 radical (unpaired) electrons. The Kier molecular flexibility index (Phi) is 7.53. The number of likely N-dealkylation sites (N-methyl/N-ethyl adjacent to an activating group) is 1. The Labute approximate surface area is 222 Å². The fraction of sp³-hybridized carbons (Fsp3) is 0.481. The molecule has 8 nitrogen and oxygen atoms in total. The Morgan fingerprint density at radius 1 is 1.03 bits per heavy atom. The van der Waals surface area contributed by atoms with Gasteiger partial charge in [-0.2, -0.15) is 4.31 Å². The minimum atomic E-state index is -3.60. The van der Waals surface area contributed by atoms with Crippen LogP contribution in [0.5, 0.6) is 5.75 Å². The number of ether oxygens (including phenoxy) is 1. The SMILES string of the molecule is CCN1CCN(c2nc3ccc(OC(=O)c4ccc(S(=O)(=O)N5CC(C)CC(C)C5)cc4)cc3s2)CC1. The van der Waals surface area contributed by atoms with Gasteiger partial charge in [-0.15, -0.1) is 0 Å². The number of piperidine rings is 1. The molecule has 0 N–H and O–H groups in total. The van der Waals surface area contributed by atoms with E-state index in [1.165, 1.54) is 24.3 Å². The maximum atomic E-state index is 13.1. The number of anilines is 1. The van der Waals surface area contributed by atoms with Crippen molar-refractivity contribution in [3.05, 3.63) is 48.0 Å². The molecule has 0 saturated carbocycles. The highest BCUT2D eigenvalue weighted by molar-refractivity contribution is 7.89. The molecule has 1 aromatic heterocycles. The van der Waals surface area contributed by atoms with Gasteiger partial charge in [0.1, 0.15) is 5.75 Å². The molecule has 2 fully saturated rings. The smallest absolute Gasteiger partial charge is 0.343 e. The van der Waals surface area contributed by atoms with Gasteiger partial charge in [0.25, 0.3) is 0 Å². The second-order valence-corrected chi connectivity index (χ2v) is 13.2. The molecule has 2 aliphatic heterocycles. The van der Waals surface area contributed by atoms with Crippen LogP contribution in [0.4, 0.5) is 5.13 Å². The van der Waals surface area contributed by atoms with Gasteiger partial charge in [0, 0.05) is 45.3 Å². The molecule has 2 aliphatic rings. The number of thiazole rings is 1. The summed E-state index contributed by atoms with van der Waals surface area (Å²) in [6, 6.07) is 11.5. The van der Waals surface area contributed by atoms with Gasteiger partial charge in [-0.05, 0) is 61.2 Å². The average Bonchev–Trinajstić information content (AvgIpc) is 3.32. The van der Waals surface area contributed by atoms with Crippen LogP contribution in [-0.4, -0.2) is 74.4 Å². The van der Waals surface area contributed by atoms with Gasteiger partial charge in [0.2, 0.25) is 10.0 Å². The van der Waals surface area contributed by atoms with E-state index in [1.807, 2.05) is 12.1 Å². The third kappa shape index (κ3) is 5.67. The lowest BCUT2D eigenvalue weighted by atomic mass is 9.94. The van der Waals surface area contributed by atoms with E-state index in [0.717, 1.165) is 54.5 Å². The van der Waals surface area contributed by atoms with Crippen LogP contribution in [0, 0.1) is 11.8 Å². The molecule has 2 aromatic carbocycles. The Bertz CT molecular complexity index is 1350. The third-order valence-corrected chi connectivity index (χ3v) is 10.1. The number of benzene rings is 2. The molecular weight excluding hydrogens is 508 g/mol. The van der Waals surface area contributed by atoms with E-state index in [2.05, 4.69) is 30.6 Å². The van der Waals surface area contributed by atoms with E-state index in [9.17, 15) is 13.2 Å². The number of hydrogen-bond acceptors (Lipinski definition) is 8. The van der Waals surface area contributed by atoms with E-state index in [0.29, 0.717) is 36.2 Å². The zero-order valence-electron chi connectivity index (χ0n) is 21.6. The average molecular weight is 543 g/mol. The van der Waals surface area contributed by atoms with E-state index in [4.69, 9.17) is 9.72 Å². The quantitative estimate of drug-likeness (QED) is 0.339. The Hall–Kier alpha value is -2.53. The summed E-state index contributed by atoms with van der Waals surface area (Å²) in [7, 11) is -3.60. The maximum absolute atomic E-state index is 13.1. The van der Waals surface area contributed by atoms with Gasteiger partial charge in [-0.1, -0.05) is 32.1 Å². The van der Waals surface area contributed by atoms with Gasteiger partial charge in [0.15, 0.2) is 5.13 Å². The first-order chi connectivity index (χ1) is 17.7. The van der Waals surface area contributed by atoms with E-state index < -0.39 is 16.0 Å². The summed E-state index contributed by atoms with van der Waals surface area (Å²) in [4.78, 5) is 22.5. The van der Waals surface area contributed by atoms with Crippen molar-refractivity contribution < 1.29 is 17.9 Å². The van der Waals surface area contributed by atoms with E-state index >= 15 is 0 Å². The predicted octanol–water partition coefficient (Wildman–Crippen LogP) is 4.32. The summed E-state index contributed by atoms with van der Waals surface area (Å²) in [5.41, 5.74) is 1.19. The van der Waals surface area contributed by atoms with Crippen LogP contribution in [0.15, 0.2) is 47.4 Å². The van der Waals surface area contributed by atoms with E-state index in [-0.39, 0.29) is 4.90 Å². The number of fused-ring (bicyclic) bond motifs is 1. The number of nitrogens with zero attached hydrogens (tertiary/aromatic N) is 4. The van der Waals surface area contributed by atoms with Crippen LogP contribution < -0.4 is 9.64 Å². The van der Waals surface area contributed by atoms with Crippen LogP contribution in [0.1, 0.15) is 37.6 Å². The molecule has 2 unspecified atom stereocenters. The second-order valence-electron chi connectivity index (χ2n) is 10.2. The van der Waals surface area contributed by atoms with Crippen LogP contribution >= 0.6 is 11.3 Å². The highest BCUT2D eigenvalue weighted by atomic mass is 32.2. The van der Waals surface area contributed by atoms with Crippen molar-refractivity contribution in [1.82, 2.24) is 14.2 Å². The summed E-state index contributed by atoms with van der Waals surface area (Å²) in [6.07, 6.45) is 1.03. The molecule has 0 amide bonds. The highest BCUT2D eigenvalue weighted by Crippen LogP contribution is 2.32. The summed E-state index contributed by atoms with van der Waals surface area (Å²) < 4.78 is 34.4. The number of carbonyl (C=O) groups is 1. The van der Waals surface area contributed by atoms with Crippen LogP contribution in [0.2, 0.25) is 0 Å². The number of carbonyl (C=O) groups excluding carboxylic acids is 1. The van der Waals surface area contributed by atoms with Crippen LogP contribution in [-0.2, 0) is 10.0 Å². The maximum Gasteiger partial charge on any atom is 0.343 e. The monoisotopic (exact) mass is 542 g/mol. The number of aromatic nitrogens is 1. The Balaban J connectivity index is 1.26. The van der Waals surface area contributed by atoms with Crippen molar-refractivity contribution in [3.8, 4) is 5.75 Å². The first kappa shape index (κ1) is 26.1. The molecule has 0 bridgehead atoms. The lowest BCUT2D eigenvalue weighted by molar-refractivity contribution is 0.0735. The number of rotatable bonds is 6. The first-order valence-corrected chi connectivity index (χ1v) is 15.2. The highest BCUT2D eigenvalue weighted by Gasteiger charge is 2.31. The minimum absolute atomic E-state index is 0.198. The van der Waals surface area contributed by atoms with Gasteiger partial charge < -0.3 is 14.5 Å². The van der Waals surface area contributed by atoms with Crippen molar-refractivity contribution in [2.75, 3.05) is 50.7 Å². The van der Waals surface area contributed by atoms with Crippen molar-refractivity contribution in [1.29, 1.82) is 0 Å². The standard InChI is InChI=1S/C27H34N4O4S2/c1-4-29-11-13-30(14-12-29)27-28-24-10-7-22(16-25(24)36-27)35-26(32)21-5-8-23(9-6-21)37(33,34)31-17-19(2)15-20(3)18-31/h5-10,16,19-20H,4,11-15,17-18H2,1-3H3. The first-order valence-electron chi connectivity index (χ1n) is 12.9. The largest absolute Gasteiger partial charge is 0.423 e. The second kappa shape index (κ2) is 10.7. The molecule has 3 aromatic rings. The van der Waals surface area contributed by atoms with Gasteiger partial charge in [-0.3, -0.25) is 0 Å². The fourth-order valence-electron chi connectivity index (χ4n) is 5.23. The Morgan fingerprint density at radius 2 is 1.70 bits per heavy atom. The predicted molar refractivity (Wildman–Crippen MR) is 147 cm³/mol. The van der Waals surface area contributed by atoms with E-state index in [1.54, 1.807) is 21.7 Å². The molecular formula is C27H34N4O4S2. The zero-order chi connectivity index (χ0) is 26.2. The number of piperazine rings is 1. The summed E-state index contributed by atoms with van der Waals surface area (Å²) in [6.45, 7) is 12.4. The topological polar surface area (TPSA) is 83.0 Å². The normalized spacial score (nSPS) is 21.9. The van der Waals surface area contributed by atoms with Crippen molar-refractivity contribution in [2.45, 2.75) is 32.1 Å². The molecule has 0 spiro atoms. The fourth-order valence-corrected chi connectivity index (χ4v) is 7.95. The van der Waals surface area contributed by atoms with Crippen molar-refractivity contribution in [2.24, 2.45) is 11.8 Å². The summed E-state index contributed by atoms with van der Waals surface area (Å²) in [5, 5.41) is 0.989. The van der Waals surface area contributed by atoms with Crippen LogP contribution in [0.25, 0.3) is 10.2 Å². The molecule has 2 saturated heterocycles. The van der Waals surface area contributed by atoms with Crippen LogP contribution in [0.3, 0.4) is 0 Å². The minimum Gasteiger partial charge on any atom is -0.423 e. The number of sulfonamides is 1. The van der Waals surface area contributed by atoms with Gasteiger partial charge in [-0.25, -0.2) is 18.2 Å². The summed E-state index contributed by atoms with van der Waals surface area (Å²) in [5.74, 6) is 0.567. The molecule has 198 valence electrons. The van der Waals surface area contributed by atoms with Crippen molar-refractivity contribution in [3.63, 3.8) is 0 Å². The number of hydrogen-bond donors (Lipinski definition) is 0. The molecule has 2 atom stereocenters.